The van der Waals surface area contributed by atoms with Crippen LogP contribution in [0.25, 0.3) is 0 Å². The number of para-hydroxylation sites is 1. The van der Waals surface area contributed by atoms with Crippen LogP contribution in [0.15, 0.2) is 30.3 Å². The molecule has 3 rings (SSSR count). The lowest BCUT2D eigenvalue weighted by molar-refractivity contribution is 0.102. The number of nitrogens with one attached hydrogen (secondary N) is 2. The predicted octanol–water partition coefficient (Wildman–Crippen LogP) is 3.48. The molecular weight excluding hydrogens is 362 g/mol. The fourth-order valence-corrected chi connectivity index (χ4v) is 3.84. The third-order valence-electron chi connectivity index (χ3n) is 4.78. The number of aromatic nitrogens is 2. The predicted molar refractivity (Wildman–Crippen MR) is 106 cm³/mol. The highest BCUT2D eigenvalue weighted by atomic mass is 32.1. The summed E-state index contributed by atoms with van der Waals surface area (Å²) >= 11 is 1.34. The average Bonchev–Trinajstić information content (AvgIpc) is 3.19. The second-order valence-electron chi connectivity index (χ2n) is 6.79. The zero-order valence-electron chi connectivity index (χ0n) is 15.6. The van der Waals surface area contributed by atoms with Crippen molar-refractivity contribution in [2.75, 3.05) is 18.4 Å². The molecule has 1 aliphatic rings. The van der Waals surface area contributed by atoms with E-state index in [9.17, 15) is 9.59 Å². The zero-order chi connectivity index (χ0) is 19.2. The number of urea groups is 1. The first kappa shape index (κ1) is 19.3. The molecule has 2 heterocycles. The Morgan fingerprint density at radius 1 is 1.22 bits per heavy atom. The molecule has 1 aliphatic heterocycles. The van der Waals surface area contributed by atoms with Gasteiger partial charge >= 0.3 is 6.03 Å². The number of piperidine rings is 1. The maximum Gasteiger partial charge on any atom is 0.317 e. The van der Waals surface area contributed by atoms with E-state index < -0.39 is 0 Å². The molecule has 1 fully saturated rings. The number of amides is 3. The Morgan fingerprint density at radius 3 is 2.59 bits per heavy atom. The van der Waals surface area contributed by atoms with E-state index in [2.05, 4.69) is 27.8 Å². The van der Waals surface area contributed by atoms with E-state index in [-0.39, 0.29) is 23.9 Å². The first-order valence-corrected chi connectivity index (χ1v) is 10.1. The van der Waals surface area contributed by atoms with Crippen LogP contribution in [0.1, 0.15) is 53.8 Å². The summed E-state index contributed by atoms with van der Waals surface area (Å²) in [5.41, 5.74) is 0.736. The van der Waals surface area contributed by atoms with Crippen molar-refractivity contribution in [3.8, 4) is 0 Å². The molecule has 27 heavy (non-hydrogen) atoms. The van der Waals surface area contributed by atoms with Crippen LogP contribution in [-0.4, -0.2) is 46.2 Å². The first-order chi connectivity index (χ1) is 13.1. The monoisotopic (exact) mass is 387 g/mol. The van der Waals surface area contributed by atoms with Gasteiger partial charge < -0.3 is 15.5 Å². The number of carbonyl (C=O) groups excluding carboxylic acids is 2. The van der Waals surface area contributed by atoms with Crippen molar-refractivity contribution in [3.05, 3.63) is 40.3 Å². The molecule has 2 N–H and O–H groups in total. The molecule has 1 aromatic heterocycles. The lowest BCUT2D eigenvalue weighted by Crippen LogP contribution is -2.46. The lowest BCUT2D eigenvalue weighted by Gasteiger charge is -2.31. The molecule has 1 saturated heterocycles. The van der Waals surface area contributed by atoms with Gasteiger partial charge in [0, 0.05) is 30.7 Å². The van der Waals surface area contributed by atoms with E-state index in [1.54, 1.807) is 0 Å². The molecule has 8 heteroatoms. The van der Waals surface area contributed by atoms with Crippen LogP contribution in [0, 0.1) is 0 Å². The number of benzene rings is 1. The largest absolute Gasteiger partial charge is 0.336 e. The van der Waals surface area contributed by atoms with E-state index in [0.29, 0.717) is 18.1 Å². The normalized spacial score (nSPS) is 16.0. The highest BCUT2D eigenvalue weighted by Gasteiger charge is 2.27. The molecule has 0 saturated carbocycles. The summed E-state index contributed by atoms with van der Waals surface area (Å²) in [4.78, 5) is 26.4. The summed E-state index contributed by atoms with van der Waals surface area (Å²) < 4.78 is 0. The second-order valence-corrected chi connectivity index (χ2v) is 7.79. The van der Waals surface area contributed by atoms with Gasteiger partial charge in [-0.15, -0.1) is 10.2 Å². The lowest BCUT2D eigenvalue weighted by atomic mass is 9.98. The molecular formula is C19H25N5O2S. The van der Waals surface area contributed by atoms with E-state index in [1.165, 1.54) is 11.3 Å². The van der Waals surface area contributed by atoms with Crippen molar-refractivity contribution in [3.63, 3.8) is 0 Å². The Labute approximate surface area is 163 Å². The molecule has 0 radical (unpaired) electrons. The summed E-state index contributed by atoms with van der Waals surface area (Å²) in [6.07, 6.45) is 2.59. The molecule has 0 aliphatic carbocycles. The molecule has 1 atom stereocenters. The molecule has 0 bridgehead atoms. The number of anilines is 1. The summed E-state index contributed by atoms with van der Waals surface area (Å²) in [6, 6.07) is 9.49. The molecule has 2 aromatic rings. The van der Waals surface area contributed by atoms with Gasteiger partial charge in [-0.2, -0.15) is 0 Å². The smallest absolute Gasteiger partial charge is 0.317 e. The van der Waals surface area contributed by atoms with Crippen LogP contribution in [0.5, 0.6) is 0 Å². The standard InChI is InChI=1S/C19H25N5O2S/c1-3-13(2)20-19(26)24-11-9-14(10-12-24)17-22-23-18(27-17)16(25)21-15-7-5-4-6-8-15/h4-8,13-14H,3,9-12H2,1-2H3,(H,20,26)(H,21,25). The van der Waals surface area contributed by atoms with Crippen molar-refractivity contribution in [2.24, 2.45) is 0 Å². The van der Waals surface area contributed by atoms with E-state index in [1.807, 2.05) is 42.2 Å². The first-order valence-electron chi connectivity index (χ1n) is 9.32. The van der Waals surface area contributed by atoms with Gasteiger partial charge in [-0.05, 0) is 38.3 Å². The van der Waals surface area contributed by atoms with E-state index in [0.717, 1.165) is 30.0 Å². The fraction of sp³-hybridized carbons (Fsp3) is 0.474. The van der Waals surface area contributed by atoms with Gasteiger partial charge in [0.05, 0.1) is 0 Å². The van der Waals surface area contributed by atoms with Gasteiger partial charge in [0.25, 0.3) is 5.91 Å². The van der Waals surface area contributed by atoms with Gasteiger partial charge in [0.1, 0.15) is 5.01 Å². The van der Waals surface area contributed by atoms with Crippen molar-refractivity contribution in [2.45, 2.75) is 45.1 Å². The molecule has 7 nitrogen and oxygen atoms in total. The number of likely N-dealkylation sites (tertiary alicyclic amines) is 1. The molecule has 3 amide bonds. The SMILES string of the molecule is CCC(C)NC(=O)N1CCC(c2nnc(C(=O)Nc3ccccc3)s2)CC1. The number of rotatable bonds is 5. The highest BCUT2D eigenvalue weighted by molar-refractivity contribution is 7.13. The fourth-order valence-electron chi connectivity index (χ4n) is 2.93. The third-order valence-corrected chi connectivity index (χ3v) is 5.86. The van der Waals surface area contributed by atoms with Crippen LogP contribution in [-0.2, 0) is 0 Å². The summed E-state index contributed by atoms with van der Waals surface area (Å²) in [7, 11) is 0. The molecule has 1 aromatic carbocycles. The van der Waals surface area contributed by atoms with Gasteiger partial charge in [-0.25, -0.2) is 4.79 Å². The average molecular weight is 388 g/mol. The summed E-state index contributed by atoms with van der Waals surface area (Å²) in [6.45, 7) is 5.45. The Balaban J connectivity index is 1.53. The van der Waals surface area contributed by atoms with Crippen LogP contribution < -0.4 is 10.6 Å². The van der Waals surface area contributed by atoms with E-state index in [4.69, 9.17) is 0 Å². The maximum atomic E-state index is 12.3. The topological polar surface area (TPSA) is 87.2 Å². The van der Waals surface area contributed by atoms with Gasteiger partial charge in [-0.3, -0.25) is 4.79 Å². The Kier molecular flexibility index (Phi) is 6.39. The molecule has 1 unspecified atom stereocenters. The van der Waals surface area contributed by atoms with Crippen molar-refractivity contribution in [1.82, 2.24) is 20.4 Å². The molecule has 144 valence electrons. The zero-order valence-corrected chi connectivity index (χ0v) is 16.5. The van der Waals surface area contributed by atoms with Crippen LogP contribution >= 0.6 is 11.3 Å². The number of hydrogen-bond donors (Lipinski definition) is 2. The van der Waals surface area contributed by atoms with Gasteiger partial charge in [-0.1, -0.05) is 36.5 Å². The Hall–Kier alpha value is -2.48. The Bertz CT molecular complexity index is 771. The minimum absolute atomic E-state index is 0.00277. The van der Waals surface area contributed by atoms with E-state index >= 15 is 0 Å². The highest BCUT2D eigenvalue weighted by Crippen LogP contribution is 2.30. The van der Waals surface area contributed by atoms with Gasteiger partial charge in [0.15, 0.2) is 0 Å². The minimum Gasteiger partial charge on any atom is -0.336 e. The minimum atomic E-state index is -0.240. The van der Waals surface area contributed by atoms with Crippen molar-refractivity contribution < 1.29 is 9.59 Å². The van der Waals surface area contributed by atoms with Crippen molar-refractivity contribution >= 4 is 29.0 Å². The second kappa shape index (κ2) is 8.94. The summed E-state index contributed by atoms with van der Waals surface area (Å²) in [5, 5.41) is 15.3. The summed E-state index contributed by atoms with van der Waals surface area (Å²) in [5.74, 6) is 0.00346. The Morgan fingerprint density at radius 2 is 1.93 bits per heavy atom. The van der Waals surface area contributed by atoms with Crippen LogP contribution in [0.3, 0.4) is 0 Å². The molecule has 0 spiro atoms. The quantitative estimate of drug-likeness (QED) is 0.822. The van der Waals surface area contributed by atoms with Crippen LogP contribution in [0.4, 0.5) is 10.5 Å². The number of hydrogen-bond acceptors (Lipinski definition) is 5. The van der Waals surface area contributed by atoms with Crippen LogP contribution in [0.2, 0.25) is 0 Å². The third kappa shape index (κ3) is 5.03. The maximum absolute atomic E-state index is 12.3. The van der Waals surface area contributed by atoms with Gasteiger partial charge in [0.2, 0.25) is 5.01 Å². The number of nitrogens with zero attached hydrogens (tertiary/aromatic N) is 3. The van der Waals surface area contributed by atoms with Crippen molar-refractivity contribution in [1.29, 1.82) is 0 Å². The number of carbonyl (C=O) groups is 2.